The molecule has 0 amide bonds. The van der Waals surface area contributed by atoms with Crippen LogP contribution in [0.15, 0.2) is 72.9 Å². The Morgan fingerprint density at radius 1 is 1.03 bits per heavy atom. The molecular formula is C32H41N3O3. The van der Waals surface area contributed by atoms with E-state index in [2.05, 4.69) is 45.5 Å². The molecule has 1 aromatic heterocycles. The lowest BCUT2D eigenvalue weighted by molar-refractivity contribution is 0.0973. The third kappa shape index (κ3) is 8.40. The van der Waals surface area contributed by atoms with Crippen molar-refractivity contribution in [2.45, 2.75) is 51.2 Å². The number of hydrogen-bond donors (Lipinski definition) is 1. The van der Waals surface area contributed by atoms with Gasteiger partial charge in [0.05, 0.1) is 12.8 Å². The average molecular weight is 516 g/mol. The summed E-state index contributed by atoms with van der Waals surface area (Å²) >= 11 is 0. The highest BCUT2D eigenvalue weighted by molar-refractivity contribution is 5.95. The highest BCUT2D eigenvalue weighted by atomic mass is 16.5. The van der Waals surface area contributed by atoms with Crippen LogP contribution in [0.5, 0.6) is 11.5 Å². The fraction of sp³-hybridized carbons (Fsp3) is 0.438. The van der Waals surface area contributed by atoms with E-state index in [0.717, 1.165) is 68.6 Å². The van der Waals surface area contributed by atoms with Crippen molar-refractivity contribution in [3.63, 3.8) is 0 Å². The number of aromatic nitrogens is 1. The first-order valence-electron chi connectivity index (χ1n) is 13.9. The number of ketones is 1. The maximum Gasteiger partial charge on any atom is 0.164 e. The molecule has 1 fully saturated rings. The lowest BCUT2D eigenvalue weighted by atomic mass is 9.90. The van der Waals surface area contributed by atoms with Crippen LogP contribution in [-0.2, 0) is 6.54 Å². The predicted octanol–water partition coefficient (Wildman–Crippen LogP) is 6.09. The Morgan fingerprint density at radius 3 is 2.42 bits per heavy atom. The van der Waals surface area contributed by atoms with Gasteiger partial charge in [-0.15, -0.1) is 0 Å². The van der Waals surface area contributed by atoms with Gasteiger partial charge in [0.2, 0.25) is 0 Å². The second-order valence-corrected chi connectivity index (χ2v) is 10.2. The quantitative estimate of drug-likeness (QED) is 0.262. The third-order valence-corrected chi connectivity index (χ3v) is 7.40. The van der Waals surface area contributed by atoms with E-state index >= 15 is 0 Å². The summed E-state index contributed by atoms with van der Waals surface area (Å²) in [7, 11) is 3.57. The summed E-state index contributed by atoms with van der Waals surface area (Å²) in [5.41, 5.74) is 2.90. The van der Waals surface area contributed by atoms with Crippen molar-refractivity contribution in [3.8, 4) is 11.5 Å². The second-order valence-electron chi connectivity index (χ2n) is 10.2. The molecule has 1 N–H and O–H groups in total. The number of hydrogen-bond acceptors (Lipinski definition) is 6. The van der Waals surface area contributed by atoms with Gasteiger partial charge in [0.1, 0.15) is 17.6 Å². The van der Waals surface area contributed by atoms with Crippen LogP contribution in [0.3, 0.4) is 0 Å². The first kappa shape index (κ1) is 27.8. The number of benzene rings is 2. The fourth-order valence-corrected chi connectivity index (χ4v) is 5.09. The zero-order valence-corrected chi connectivity index (χ0v) is 22.8. The fourth-order valence-electron chi connectivity index (χ4n) is 5.09. The number of piperidine rings is 1. The van der Waals surface area contributed by atoms with Gasteiger partial charge >= 0.3 is 0 Å². The number of carbonyl (C=O) groups excluding carboxylic acids is 1. The first-order chi connectivity index (χ1) is 18.6. The lowest BCUT2D eigenvalue weighted by Crippen LogP contribution is -2.33. The van der Waals surface area contributed by atoms with Crippen molar-refractivity contribution < 1.29 is 14.3 Å². The van der Waals surface area contributed by atoms with Gasteiger partial charge in [-0.2, -0.15) is 0 Å². The van der Waals surface area contributed by atoms with Crippen LogP contribution in [0.1, 0.15) is 66.2 Å². The molecule has 202 valence electrons. The van der Waals surface area contributed by atoms with Crippen molar-refractivity contribution in [3.05, 3.63) is 89.7 Å². The van der Waals surface area contributed by atoms with Gasteiger partial charge in [-0.25, -0.2) is 0 Å². The normalized spacial score (nSPS) is 15.2. The summed E-state index contributed by atoms with van der Waals surface area (Å²) in [6.07, 6.45) is 7.37. The number of methoxy groups -OCH3 is 1. The zero-order valence-electron chi connectivity index (χ0n) is 22.8. The van der Waals surface area contributed by atoms with E-state index < -0.39 is 0 Å². The Kier molecular flexibility index (Phi) is 10.7. The molecular weight excluding hydrogens is 474 g/mol. The molecule has 2 aromatic carbocycles. The molecule has 6 nitrogen and oxygen atoms in total. The van der Waals surface area contributed by atoms with Crippen molar-refractivity contribution in [2.24, 2.45) is 5.92 Å². The number of Topliss-reactive ketones (excluding diaryl/α,β-unsaturated/α-hetero) is 1. The minimum absolute atomic E-state index is 0.174. The van der Waals surface area contributed by atoms with Crippen LogP contribution < -0.4 is 14.8 Å². The molecule has 0 spiro atoms. The Labute approximate surface area is 227 Å². The van der Waals surface area contributed by atoms with E-state index in [0.29, 0.717) is 12.0 Å². The van der Waals surface area contributed by atoms with Crippen LogP contribution in [0, 0.1) is 5.92 Å². The van der Waals surface area contributed by atoms with E-state index in [-0.39, 0.29) is 11.9 Å². The molecule has 0 radical (unpaired) electrons. The molecule has 38 heavy (non-hydrogen) atoms. The van der Waals surface area contributed by atoms with E-state index in [1.54, 1.807) is 13.3 Å². The van der Waals surface area contributed by atoms with Gasteiger partial charge < -0.3 is 14.8 Å². The van der Waals surface area contributed by atoms with E-state index in [1.807, 2.05) is 43.4 Å². The molecule has 1 atom stereocenters. The summed E-state index contributed by atoms with van der Waals surface area (Å²) in [5, 5.41) is 3.18. The maximum absolute atomic E-state index is 12.8. The number of ether oxygens (including phenoxy) is 2. The Morgan fingerprint density at radius 2 is 1.76 bits per heavy atom. The Balaban J connectivity index is 1.22. The standard InChI is InChI=1S/C32H41N3O3/c1-33-20-17-32(38-29-14-12-28(37-2)13-15-29)30-16-11-27(23-34-30)31(36)10-6-9-25-18-21-35(22-19-25)24-26-7-4-3-5-8-26/h3-5,7-8,11-16,23,25,32-33H,6,9-10,17-22,24H2,1-2H3. The number of rotatable bonds is 14. The highest BCUT2D eigenvalue weighted by Gasteiger charge is 2.20. The van der Waals surface area contributed by atoms with Crippen molar-refractivity contribution >= 4 is 5.78 Å². The molecule has 1 saturated heterocycles. The molecule has 0 bridgehead atoms. The van der Waals surface area contributed by atoms with Gasteiger partial charge in [-0.3, -0.25) is 14.7 Å². The molecule has 4 rings (SSSR count). The molecule has 6 heteroatoms. The van der Waals surface area contributed by atoms with E-state index in [1.165, 1.54) is 18.4 Å². The first-order valence-corrected chi connectivity index (χ1v) is 13.9. The number of nitrogens with zero attached hydrogens (tertiary/aromatic N) is 2. The summed E-state index contributed by atoms with van der Waals surface area (Å²) in [4.78, 5) is 20.0. The van der Waals surface area contributed by atoms with E-state index in [9.17, 15) is 4.79 Å². The zero-order chi connectivity index (χ0) is 26.6. The van der Waals surface area contributed by atoms with Crippen LogP contribution in [0.2, 0.25) is 0 Å². The summed E-state index contributed by atoms with van der Waals surface area (Å²) in [6.45, 7) is 4.13. The lowest BCUT2D eigenvalue weighted by Gasteiger charge is -2.32. The molecule has 0 saturated carbocycles. The SMILES string of the molecule is CNCCC(Oc1ccc(OC)cc1)c1ccc(C(=O)CCCC2CCN(Cc3ccccc3)CC2)cn1. The van der Waals surface area contributed by atoms with Crippen molar-refractivity contribution in [1.29, 1.82) is 0 Å². The topological polar surface area (TPSA) is 63.7 Å². The van der Waals surface area contributed by atoms with Gasteiger partial charge in [0.15, 0.2) is 5.78 Å². The Bertz CT molecular complexity index is 1100. The maximum atomic E-state index is 12.8. The molecule has 1 aliphatic heterocycles. The van der Waals surface area contributed by atoms with Crippen LogP contribution in [0.4, 0.5) is 0 Å². The third-order valence-electron chi connectivity index (χ3n) is 7.40. The van der Waals surface area contributed by atoms with E-state index in [4.69, 9.17) is 9.47 Å². The van der Waals surface area contributed by atoms with Crippen LogP contribution in [-0.4, -0.2) is 49.5 Å². The largest absolute Gasteiger partial charge is 0.497 e. The minimum Gasteiger partial charge on any atom is -0.497 e. The monoisotopic (exact) mass is 515 g/mol. The molecule has 1 unspecified atom stereocenters. The summed E-state index contributed by atoms with van der Waals surface area (Å²) in [6, 6.07) is 22.1. The second kappa shape index (κ2) is 14.6. The van der Waals surface area contributed by atoms with Gasteiger partial charge in [-0.1, -0.05) is 30.3 Å². The molecule has 0 aliphatic carbocycles. The smallest absolute Gasteiger partial charge is 0.164 e. The number of pyridine rings is 1. The molecule has 2 heterocycles. The van der Waals surface area contributed by atoms with Crippen molar-refractivity contribution in [2.75, 3.05) is 33.8 Å². The summed E-state index contributed by atoms with van der Waals surface area (Å²) in [5.74, 6) is 2.45. The Hall–Kier alpha value is -3.22. The van der Waals surface area contributed by atoms with Gasteiger partial charge in [0.25, 0.3) is 0 Å². The highest BCUT2D eigenvalue weighted by Crippen LogP contribution is 2.27. The summed E-state index contributed by atoms with van der Waals surface area (Å²) < 4.78 is 11.5. The minimum atomic E-state index is -0.201. The van der Waals surface area contributed by atoms with Crippen LogP contribution >= 0.6 is 0 Å². The molecule has 1 aliphatic rings. The number of nitrogens with one attached hydrogen (secondary N) is 1. The molecule has 3 aromatic rings. The average Bonchev–Trinajstić information content (AvgIpc) is 2.97. The number of likely N-dealkylation sites (tertiary alicyclic amines) is 1. The van der Waals surface area contributed by atoms with Crippen molar-refractivity contribution in [1.82, 2.24) is 15.2 Å². The van der Waals surface area contributed by atoms with Gasteiger partial charge in [0, 0.05) is 31.1 Å². The van der Waals surface area contributed by atoms with Gasteiger partial charge in [-0.05, 0) is 100 Å². The van der Waals surface area contributed by atoms with Crippen LogP contribution in [0.25, 0.3) is 0 Å². The number of carbonyl (C=O) groups is 1. The predicted molar refractivity (Wildman–Crippen MR) is 152 cm³/mol.